The summed E-state index contributed by atoms with van der Waals surface area (Å²) < 4.78 is 5.45. The first-order valence-electron chi connectivity index (χ1n) is 10.4. The molecule has 0 atom stereocenters. The van der Waals surface area contributed by atoms with E-state index in [1.165, 1.54) is 0 Å². The van der Waals surface area contributed by atoms with E-state index in [2.05, 4.69) is 36.1 Å². The Balaban J connectivity index is 1.45. The molecule has 31 heavy (non-hydrogen) atoms. The van der Waals surface area contributed by atoms with E-state index >= 15 is 0 Å². The third-order valence-electron chi connectivity index (χ3n) is 5.86. The van der Waals surface area contributed by atoms with Gasteiger partial charge in [-0.25, -0.2) is 9.97 Å². The number of ether oxygens (including phenoxy) is 1. The van der Waals surface area contributed by atoms with Crippen LogP contribution in [0.25, 0.3) is 22.2 Å². The highest BCUT2D eigenvalue weighted by atomic mass is 16.5. The molecule has 4 aromatic rings. The number of carbonyl (C=O) groups excluding carboxylic acids is 1. The predicted octanol–water partition coefficient (Wildman–Crippen LogP) is 3.23. The molecule has 8 nitrogen and oxygen atoms in total. The van der Waals surface area contributed by atoms with Crippen LogP contribution < -0.4 is 4.90 Å². The second kappa shape index (κ2) is 7.96. The van der Waals surface area contributed by atoms with E-state index in [-0.39, 0.29) is 12.2 Å². The molecule has 2 N–H and O–H groups in total. The summed E-state index contributed by atoms with van der Waals surface area (Å²) in [5, 5.41) is 8.03. The lowest BCUT2D eigenvalue weighted by Crippen LogP contribution is -2.36. The van der Waals surface area contributed by atoms with Gasteiger partial charge in [-0.1, -0.05) is 0 Å². The molecule has 0 unspecified atom stereocenters. The zero-order valence-corrected chi connectivity index (χ0v) is 17.6. The highest BCUT2D eigenvalue weighted by Crippen LogP contribution is 2.30. The van der Waals surface area contributed by atoms with Gasteiger partial charge in [0.25, 0.3) is 0 Å². The summed E-state index contributed by atoms with van der Waals surface area (Å²) >= 11 is 0. The molecule has 0 amide bonds. The number of ketones is 1. The number of morpholine rings is 1. The Hall–Kier alpha value is -3.52. The third kappa shape index (κ3) is 3.70. The minimum absolute atomic E-state index is 0.0152. The van der Waals surface area contributed by atoms with Gasteiger partial charge in [0.2, 0.25) is 0 Å². The van der Waals surface area contributed by atoms with E-state index in [0.29, 0.717) is 5.69 Å². The van der Waals surface area contributed by atoms with Crippen LogP contribution >= 0.6 is 0 Å². The van der Waals surface area contributed by atoms with Gasteiger partial charge < -0.3 is 14.6 Å². The smallest absolute Gasteiger partial charge is 0.187 e. The van der Waals surface area contributed by atoms with Crippen molar-refractivity contribution in [2.45, 2.75) is 20.3 Å². The number of rotatable bonds is 5. The summed E-state index contributed by atoms with van der Waals surface area (Å²) in [6.07, 6.45) is 5.81. The molecule has 1 fully saturated rings. The Kier molecular flexibility index (Phi) is 4.99. The van der Waals surface area contributed by atoms with Gasteiger partial charge in [-0.3, -0.25) is 9.89 Å². The molecular weight excluding hydrogens is 392 g/mol. The topological polar surface area (TPSA) is 99.8 Å². The van der Waals surface area contributed by atoms with Gasteiger partial charge in [0.15, 0.2) is 5.78 Å². The first kappa shape index (κ1) is 19.4. The highest BCUT2D eigenvalue weighted by Gasteiger charge is 2.17. The number of fused-ring (bicyclic) bond motifs is 1. The number of aromatic nitrogens is 5. The van der Waals surface area contributed by atoms with Crippen molar-refractivity contribution in [2.24, 2.45) is 0 Å². The Morgan fingerprint density at radius 2 is 2.03 bits per heavy atom. The number of nitrogens with zero attached hydrogens (tertiary/aromatic N) is 4. The Bertz CT molecular complexity index is 1250. The molecule has 8 heteroatoms. The highest BCUT2D eigenvalue weighted by molar-refractivity contribution is 5.98. The van der Waals surface area contributed by atoms with Gasteiger partial charge in [0, 0.05) is 60.3 Å². The molecule has 0 aliphatic carbocycles. The average Bonchev–Trinajstić information content (AvgIpc) is 3.37. The fraction of sp³-hybridized carbons (Fsp3) is 0.304. The van der Waals surface area contributed by atoms with Crippen LogP contribution in [0.1, 0.15) is 27.3 Å². The van der Waals surface area contributed by atoms with Crippen LogP contribution in [0.5, 0.6) is 0 Å². The molecule has 0 spiro atoms. The molecule has 1 saturated heterocycles. The van der Waals surface area contributed by atoms with Gasteiger partial charge in [-0.15, -0.1) is 0 Å². The predicted molar refractivity (Wildman–Crippen MR) is 118 cm³/mol. The van der Waals surface area contributed by atoms with Gasteiger partial charge in [-0.2, -0.15) is 5.10 Å². The van der Waals surface area contributed by atoms with Gasteiger partial charge >= 0.3 is 0 Å². The van der Waals surface area contributed by atoms with Crippen molar-refractivity contribution < 1.29 is 9.53 Å². The second-order valence-electron chi connectivity index (χ2n) is 7.87. The first-order valence-corrected chi connectivity index (χ1v) is 10.4. The van der Waals surface area contributed by atoms with Crippen LogP contribution in [0.3, 0.4) is 0 Å². The molecule has 5 rings (SSSR count). The lowest BCUT2D eigenvalue weighted by Gasteiger charge is -2.28. The molecule has 0 radical (unpaired) electrons. The van der Waals surface area contributed by atoms with E-state index in [1.807, 2.05) is 38.4 Å². The zero-order chi connectivity index (χ0) is 21.4. The van der Waals surface area contributed by atoms with Crippen LogP contribution in [0.15, 0.2) is 36.8 Å². The monoisotopic (exact) mass is 416 g/mol. The average molecular weight is 416 g/mol. The lowest BCUT2D eigenvalue weighted by molar-refractivity contribution is 0.0987. The van der Waals surface area contributed by atoms with Crippen LogP contribution in [-0.2, 0) is 11.2 Å². The summed E-state index contributed by atoms with van der Waals surface area (Å²) in [5.74, 6) is 0.928. The third-order valence-corrected chi connectivity index (χ3v) is 5.86. The summed E-state index contributed by atoms with van der Waals surface area (Å²) in [7, 11) is 0. The molecule has 0 bridgehead atoms. The number of anilines is 1. The summed E-state index contributed by atoms with van der Waals surface area (Å²) in [6.45, 7) is 6.94. The minimum Gasteiger partial charge on any atom is -0.378 e. The Morgan fingerprint density at radius 1 is 1.19 bits per heavy atom. The molecule has 5 heterocycles. The number of aryl methyl sites for hydroxylation is 1. The number of nitrogens with one attached hydrogen (secondary N) is 2. The maximum atomic E-state index is 12.8. The second-order valence-corrected chi connectivity index (χ2v) is 7.87. The van der Waals surface area contributed by atoms with E-state index in [0.717, 1.165) is 71.1 Å². The van der Waals surface area contributed by atoms with E-state index < -0.39 is 0 Å². The van der Waals surface area contributed by atoms with Gasteiger partial charge in [0.05, 0.1) is 13.2 Å². The van der Waals surface area contributed by atoms with Crippen LogP contribution in [-0.4, -0.2) is 57.2 Å². The van der Waals surface area contributed by atoms with Crippen molar-refractivity contribution in [1.82, 2.24) is 25.1 Å². The fourth-order valence-corrected chi connectivity index (χ4v) is 3.96. The van der Waals surface area contributed by atoms with Crippen molar-refractivity contribution in [3.63, 3.8) is 0 Å². The molecule has 4 aromatic heterocycles. The zero-order valence-electron chi connectivity index (χ0n) is 17.6. The minimum atomic E-state index is -0.0152. The molecule has 1 aliphatic heterocycles. The number of H-pyrrole nitrogens is 2. The lowest BCUT2D eigenvalue weighted by atomic mass is 10.0. The number of carbonyl (C=O) groups is 1. The standard InChI is InChI=1S/C23H24N6O2/c1-14-15(2)27-28-22(14)20(30)10-16-9-18-19(13-26-23(18)25-12-16)17-3-4-24-21(11-17)29-5-7-31-8-6-29/h3-4,9,11-13H,5-8,10H2,1-2H3,(H,25,26)(H,27,28). The number of pyridine rings is 2. The SMILES string of the molecule is Cc1[nH]nc(C(=O)Cc2cnc3[nH]cc(-c4ccnc(N5CCOCC5)c4)c3c2)c1C. The molecule has 1 aliphatic rings. The van der Waals surface area contributed by atoms with Crippen molar-refractivity contribution in [1.29, 1.82) is 0 Å². The van der Waals surface area contributed by atoms with Crippen LogP contribution in [0.4, 0.5) is 5.82 Å². The summed E-state index contributed by atoms with van der Waals surface area (Å²) in [4.78, 5) is 27.3. The van der Waals surface area contributed by atoms with E-state index in [9.17, 15) is 4.79 Å². The number of Topliss-reactive ketones (excluding diaryl/α,β-unsaturated/α-hetero) is 1. The maximum absolute atomic E-state index is 12.8. The van der Waals surface area contributed by atoms with Crippen molar-refractivity contribution in [3.8, 4) is 11.1 Å². The van der Waals surface area contributed by atoms with Crippen LogP contribution in [0.2, 0.25) is 0 Å². The fourth-order valence-electron chi connectivity index (χ4n) is 3.96. The largest absolute Gasteiger partial charge is 0.378 e. The molecule has 158 valence electrons. The Morgan fingerprint density at radius 3 is 2.81 bits per heavy atom. The Labute approximate surface area is 179 Å². The molecule has 0 aromatic carbocycles. The number of hydrogen-bond donors (Lipinski definition) is 2. The molecule has 0 saturated carbocycles. The summed E-state index contributed by atoms with van der Waals surface area (Å²) in [6, 6.07) is 6.14. The summed E-state index contributed by atoms with van der Waals surface area (Å²) in [5.41, 5.74) is 6.07. The van der Waals surface area contributed by atoms with Crippen LogP contribution in [0, 0.1) is 13.8 Å². The van der Waals surface area contributed by atoms with Gasteiger partial charge in [-0.05, 0) is 43.2 Å². The number of aromatic amines is 2. The number of hydrogen-bond acceptors (Lipinski definition) is 6. The normalized spacial score (nSPS) is 14.3. The first-order chi connectivity index (χ1) is 15.1. The quantitative estimate of drug-likeness (QED) is 0.485. The van der Waals surface area contributed by atoms with Gasteiger partial charge in [0.1, 0.15) is 17.2 Å². The maximum Gasteiger partial charge on any atom is 0.187 e. The van der Waals surface area contributed by atoms with Crippen molar-refractivity contribution >= 4 is 22.6 Å². The van der Waals surface area contributed by atoms with Crippen molar-refractivity contribution in [3.05, 3.63) is 59.3 Å². The van der Waals surface area contributed by atoms with E-state index in [1.54, 1.807) is 6.20 Å². The molecular formula is C23H24N6O2. The van der Waals surface area contributed by atoms with E-state index in [4.69, 9.17) is 4.74 Å². The van der Waals surface area contributed by atoms with Crippen molar-refractivity contribution in [2.75, 3.05) is 31.2 Å².